The van der Waals surface area contributed by atoms with Gasteiger partial charge in [0.2, 0.25) is 0 Å². The molecule has 0 bridgehead atoms. The van der Waals surface area contributed by atoms with Crippen molar-refractivity contribution in [3.63, 3.8) is 0 Å². The second-order valence-corrected chi connectivity index (χ2v) is 5.90. The van der Waals surface area contributed by atoms with E-state index in [1.807, 2.05) is 79.7 Å². The Morgan fingerprint density at radius 3 is 1.87 bits per heavy atom. The van der Waals surface area contributed by atoms with Gasteiger partial charge in [0.15, 0.2) is 0 Å². The highest BCUT2D eigenvalue weighted by Crippen LogP contribution is 2.45. The van der Waals surface area contributed by atoms with Crippen LogP contribution in [0.5, 0.6) is 5.75 Å². The molecule has 3 nitrogen and oxygen atoms in total. The van der Waals surface area contributed by atoms with Gasteiger partial charge in [-0.2, -0.15) is 0 Å². The van der Waals surface area contributed by atoms with Gasteiger partial charge >= 0.3 is 8.60 Å². The van der Waals surface area contributed by atoms with Crippen molar-refractivity contribution < 1.29 is 14.3 Å². The van der Waals surface area contributed by atoms with Crippen molar-refractivity contribution in [3.05, 3.63) is 78.4 Å². The monoisotopic (exact) mass is 324 g/mol. The van der Waals surface area contributed by atoms with Crippen molar-refractivity contribution in [2.24, 2.45) is 0 Å². The van der Waals surface area contributed by atoms with Crippen LogP contribution < -0.4 is 4.52 Å². The van der Waals surface area contributed by atoms with Crippen LogP contribution in [0.2, 0.25) is 0 Å². The van der Waals surface area contributed by atoms with Gasteiger partial charge in [-0.1, -0.05) is 72.8 Å². The number of aryl methyl sites for hydroxylation is 1. The Labute approximate surface area is 136 Å². The van der Waals surface area contributed by atoms with Crippen LogP contribution in [-0.4, -0.2) is 9.79 Å². The fourth-order valence-electron chi connectivity index (χ4n) is 2.67. The standard InChI is InChI=1S/C19H17O3P/c1-14-12-13-17(15-8-4-2-5-9-15)19(22-23(20)21)18(14)16-10-6-3-7-11-16/h2-13,20-21H,1H3. The van der Waals surface area contributed by atoms with Crippen LogP contribution >= 0.6 is 8.60 Å². The van der Waals surface area contributed by atoms with Crippen LogP contribution in [0.4, 0.5) is 0 Å². The summed E-state index contributed by atoms with van der Waals surface area (Å²) in [6.07, 6.45) is 0. The van der Waals surface area contributed by atoms with E-state index in [9.17, 15) is 9.79 Å². The maximum absolute atomic E-state index is 9.44. The van der Waals surface area contributed by atoms with Gasteiger partial charge in [-0.3, -0.25) is 0 Å². The van der Waals surface area contributed by atoms with Gasteiger partial charge in [0.1, 0.15) is 5.75 Å². The van der Waals surface area contributed by atoms with Gasteiger partial charge in [0, 0.05) is 11.1 Å². The molecule has 0 aromatic heterocycles. The third-order valence-electron chi connectivity index (χ3n) is 3.69. The Balaban J connectivity index is 2.26. The third-order valence-corrected chi connectivity index (χ3v) is 4.03. The molecule has 0 amide bonds. The largest absolute Gasteiger partial charge is 0.426 e. The lowest BCUT2D eigenvalue weighted by molar-refractivity contribution is 0.376. The second-order valence-electron chi connectivity index (χ2n) is 5.21. The van der Waals surface area contributed by atoms with Crippen LogP contribution in [0, 0.1) is 6.92 Å². The van der Waals surface area contributed by atoms with E-state index in [4.69, 9.17) is 4.52 Å². The van der Waals surface area contributed by atoms with E-state index in [0.717, 1.165) is 27.8 Å². The first kappa shape index (κ1) is 15.7. The number of rotatable bonds is 4. The molecule has 0 fully saturated rings. The van der Waals surface area contributed by atoms with Gasteiger partial charge in [0.25, 0.3) is 0 Å². The topological polar surface area (TPSA) is 49.7 Å². The average molecular weight is 324 g/mol. The van der Waals surface area contributed by atoms with Crippen molar-refractivity contribution in [2.45, 2.75) is 6.92 Å². The molecule has 3 aromatic rings. The summed E-state index contributed by atoms with van der Waals surface area (Å²) in [6.45, 7) is 1.99. The molecular weight excluding hydrogens is 307 g/mol. The zero-order chi connectivity index (χ0) is 16.2. The lowest BCUT2D eigenvalue weighted by Crippen LogP contribution is -1.95. The van der Waals surface area contributed by atoms with Crippen molar-refractivity contribution in [1.29, 1.82) is 0 Å². The minimum atomic E-state index is -2.50. The molecule has 0 saturated carbocycles. The normalized spacial score (nSPS) is 10.8. The van der Waals surface area contributed by atoms with Crippen LogP contribution in [0.3, 0.4) is 0 Å². The number of benzene rings is 3. The maximum atomic E-state index is 9.44. The van der Waals surface area contributed by atoms with E-state index < -0.39 is 8.60 Å². The summed E-state index contributed by atoms with van der Waals surface area (Å²) in [6, 6.07) is 23.6. The van der Waals surface area contributed by atoms with Crippen LogP contribution in [0.25, 0.3) is 22.3 Å². The highest BCUT2D eigenvalue weighted by molar-refractivity contribution is 7.39. The Hall–Kier alpha value is -2.19. The zero-order valence-corrected chi connectivity index (χ0v) is 13.6. The molecule has 0 atom stereocenters. The Morgan fingerprint density at radius 2 is 1.30 bits per heavy atom. The summed E-state index contributed by atoms with van der Waals surface area (Å²) in [4.78, 5) is 18.9. The van der Waals surface area contributed by atoms with Gasteiger partial charge in [-0.05, 0) is 23.6 Å². The summed E-state index contributed by atoms with van der Waals surface area (Å²) in [5.74, 6) is 0.499. The molecule has 0 heterocycles. The highest BCUT2D eigenvalue weighted by atomic mass is 31.2. The van der Waals surface area contributed by atoms with Gasteiger partial charge in [-0.15, -0.1) is 0 Å². The molecule has 3 aromatic carbocycles. The number of hydrogen-bond acceptors (Lipinski definition) is 3. The first-order valence-corrected chi connectivity index (χ1v) is 8.43. The van der Waals surface area contributed by atoms with Crippen molar-refractivity contribution in [1.82, 2.24) is 0 Å². The van der Waals surface area contributed by atoms with E-state index in [0.29, 0.717) is 5.75 Å². The molecular formula is C19H17O3P. The fraction of sp³-hybridized carbons (Fsp3) is 0.0526. The molecule has 0 aliphatic heterocycles. The van der Waals surface area contributed by atoms with Crippen molar-refractivity contribution in [3.8, 4) is 28.0 Å². The summed E-state index contributed by atoms with van der Waals surface area (Å²) in [5.41, 5.74) is 4.68. The third kappa shape index (κ3) is 3.43. The van der Waals surface area contributed by atoms with Crippen LogP contribution in [0.1, 0.15) is 5.56 Å². The minimum absolute atomic E-state index is 0.499. The minimum Gasteiger partial charge on any atom is -0.426 e. The predicted molar refractivity (Wildman–Crippen MR) is 94.0 cm³/mol. The molecule has 0 radical (unpaired) electrons. The van der Waals surface area contributed by atoms with Crippen LogP contribution in [-0.2, 0) is 0 Å². The second kappa shape index (κ2) is 6.93. The molecule has 0 aliphatic rings. The molecule has 0 spiro atoms. The fourth-order valence-corrected chi connectivity index (χ4v) is 3.02. The van der Waals surface area contributed by atoms with E-state index in [-0.39, 0.29) is 0 Å². The maximum Gasteiger partial charge on any atom is 0.391 e. The summed E-state index contributed by atoms with van der Waals surface area (Å²) in [5, 5.41) is 0. The molecule has 0 saturated heterocycles. The Kier molecular flexibility index (Phi) is 4.73. The number of hydrogen-bond donors (Lipinski definition) is 2. The summed E-state index contributed by atoms with van der Waals surface area (Å²) < 4.78 is 5.44. The van der Waals surface area contributed by atoms with Crippen LogP contribution in [0.15, 0.2) is 72.8 Å². The first-order chi connectivity index (χ1) is 11.2. The highest BCUT2D eigenvalue weighted by Gasteiger charge is 2.18. The molecule has 0 aliphatic carbocycles. The molecule has 116 valence electrons. The molecule has 3 rings (SSSR count). The van der Waals surface area contributed by atoms with Crippen molar-refractivity contribution in [2.75, 3.05) is 0 Å². The van der Waals surface area contributed by atoms with E-state index in [2.05, 4.69) is 0 Å². The Bertz CT molecular complexity index is 786. The summed E-state index contributed by atoms with van der Waals surface area (Å²) in [7, 11) is -2.50. The first-order valence-electron chi connectivity index (χ1n) is 7.27. The van der Waals surface area contributed by atoms with E-state index in [1.54, 1.807) is 0 Å². The lowest BCUT2D eigenvalue weighted by atomic mass is 9.94. The summed E-state index contributed by atoms with van der Waals surface area (Å²) >= 11 is 0. The average Bonchev–Trinajstić information content (AvgIpc) is 2.56. The quantitative estimate of drug-likeness (QED) is 0.670. The van der Waals surface area contributed by atoms with Gasteiger partial charge in [-0.25, -0.2) is 0 Å². The zero-order valence-electron chi connectivity index (χ0n) is 12.7. The van der Waals surface area contributed by atoms with Gasteiger partial charge < -0.3 is 14.3 Å². The van der Waals surface area contributed by atoms with Crippen molar-refractivity contribution >= 4 is 8.60 Å². The molecule has 23 heavy (non-hydrogen) atoms. The smallest absolute Gasteiger partial charge is 0.391 e. The lowest BCUT2D eigenvalue weighted by Gasteiger charge is -2.18. The van der Waals surface area contributed by atoms with E-state index >= 15 is 0 Å². The van der Waals surface area contributed by atoms with E-state index in [1.165, 1.54) is 0 Å². The molecule has 4 heteroatoms. The predicted octanol–water partition coefficient (Wildman–Crippen LogP) is 4.92. The molecule has 2 N–H and O–H groups in total. The molecule has 0 unspecified atom stereocenters. The van der Waals surface area contributed by atoms with Gasteiger partial charge in [0.05, 0.1) is 0 Å². The Morgan fingerprint density at radius 1 is 0.739 bits per heavy atom. The SMILES string of the molecule is Cc1ccc(-c2ccccc2)c(OP(O)O)c1-c1ccccc1.